The molecule has 0 spiro atoms. The van der Waals surface area contributed by atoms with E-state index in [0.29, 0.717) is 16.5 Å². The molecule has 12 heteroatoms. The third kappa shape index (κ3) is 4.50. The molecular formula is C26H17N9O3. The number of amides is 2. The summed E-state index contributed by atoms with van der Waals surface area (Å²) in [6, 6.07) is 16.2. The van der Waals surface area contributed by atoms with E-state index < -0.39 is 17.6 Å². The maximum absolute atomic E-state index is 13.1. The van der Waals surface area contributed by atoms with Gasteiger partial charge in [0.05, 0.1) is 18.3 Å². The molecule has 5 aromatic rings. The Bertz CT molecular complexity index is 1760. The molecule has 12 nitrogen and oxygen atoms in total. The van der Waals surface area contributed by atoms with Gasteiger partial charge < -0.3 is 16.2 Å². The summed E-state index contributed by atoms with van der Waals surface area (Å²) < 4.78 is 1.25. The molecule has 2 amide bonds. The van der Waals surface area contributed by atoms with E-state index in [2.05, 4.69) is 35.5 Å². The highest BCUT2D eigenvalue weighted by Crippen LogP contribution is 2.40. The fraction of sp³-hybridized carbons (Fsp3) is 0. The number of phenolic OH excluding ortho intramolecular Hbond substituents is 1. The van der Waals surface area contributed by atoms with Gasteiger partial charge in [-0.1, -0.05) is 24.3 Å². The normalized spacial score (nSPS) is 10.9. The molecule has 0 atom stereocenters. The SMILES string of the molecule is [C-]#[N+]c1cnn(-c2ncccn2)c1N=Nc1c(O)c(C(=O)Nc2ccc(C(N)=O)cc2)cc2ccccc12. The van der Waals surface area contributed by atoms with Gasteiger partial charge in [-0.15, -0.1) is 10.2 Å². The monoisotopic (exact) mass is 503 g/mol. The van der Waals surface area contributed by atoms with Crippen LogP contribution in [-0.4, -0.2) is 36.7 Å². The summed E-state index contributed by atoms with van der Waals surface area (Å²) in [6.45, 7) is 7.45. The standard InChI is InChI=1S/C26H17N9O3/c1-28-20-14-31-35(26-29-11-4-12-30-26)24(20)34-33-21-18-6-3-2-5-16(18)13-19(22(21)36)25(38)32-17-9-7-15(8-10-17)23(27)37/h2-14,36H,(H2,27,37)(H,32,38). The molecule has 5 rings (SSSR count). The fourth-order valence-corrected chi connectivity index (χ4v) is 3.66. The maximum Gasteiger partial charge on any atom is 0.259 e. The number of hydrogen-bond donors (Lipinski definition) is 3. The number of carbonyl (C=O) groups is 2. The van der Waals surface area contributed by atoms with Crippen molar-refractivity contribution in [2.24, 2.45) is 16.0 Å². The van der Waals surface area contributed by atoms with E-state index in [1.165, 1.54) is 53.6 Å². The van der Waals surface area contributed by atoms with Crippen LogP contribution in [0.2, 0.25) is 0 Å². The van der Waals surface area contributed by atoms with E-state index in [4.69, 9.17) is 12.3 Å². The molecule has 0 saturated carbocycles. The van der Waals surface area contributed by atoms with Crippen molar-refractivity contribution in [3.8, 4) is 11.7 Å². The minimum absolute atomic E-state index is 0.0231. The van der Waals surface area contributed by atoms with Gasteiger partial charge in [0.2, 0.25) is 5.91 Å². The summed E-state index contributed by atoms with van der Waals surface area (Å²) in [4.78, 5) is 36.1. The van der Waals surface area contributed by atoms with Gasteiger partial charge in [0.1, 0.15) is 5.69 Å². The molecule has 0 aliphatic rings. The predicted octanol–water partition coefficient (Wildman–Crippen LogP) is 4.84. The van der Waals surface area contributed by atoms with Gasteiger partial charge in [0.15, 0.2) is 11.6 Å². The Kier molecular flexibility index (Phi) is 6.23. The zero-order valence-corrected chi connectivity index (χ0v) is 19.5. The number of azo groups is 1. The number of rotatable bonds is 6. The number of benzene rings is 3. The third-order valence-corrected chi connectivity index (χ3v) is 5.50. The minimum Gasteiger partial charge on any atom is -0.505 e. The Labute approximate surface area is 214 Å². The highest BCUT2D eigenvalue weighted by molar-refractivity contribution is 6.11. The topological polar surface area (TPSA) is 165 Å². The van der Waals surface area contributed by atoms with Crippen molar-refractivity contribution in [1.29, 1.82) is 0 Å². The van der Waals surface area contributed by atoms with Crippen LogP contribution in [0.15, 0.2) is 89.5 Å². The maximum atomic E-state index is 13.1. The zero-order valence-electron chi connectivity index (χ0n) is 19.5. The van der Waals surface area contributed by atoms with Gasteiger partial charge in [-0.25, -0.2) is 14.8 Å². The number of aromatic hydroxyl groups is 1. The first-order chi connectivity index (χ1) is 18.5. The van der Waals surface area contributed by atoms with E-state index in [0.717, 1.165) is 0 Å². The Morgan fingerprint density at radius 2 is 1.76 bits per heavy atom. The minimum atomic E-state index is -0.610. The molecule has 0 aliphatic carbocycles. The van der Waals surface area contributed by atoms with Gasteiger partial charge in [0, 0.05) is 29.0 Å². The van der Waals surface area contributed by atoms with E-state index in [1.54, 1.807) is 30.3 Å². The molecular weight excluding hydrogens is 486 g/mol. The van der Waals surface area contributed by atoms with Gasteiger partial charge in [-0.05, 0) is 41.8 Å². The average Bonchev–Trinajstić information content (AvgIpc) is 3.36. The zero-order chi connectivity index (χ0) is 26.6. The van der Waals surface area contributed by atoms with Crippen LogP contribution < -0.4 is 11.1 Å². The van der Waals surface area contributed by atoms with Crippen molar-refractivity contribution < 1.29 is 14.7 Å². The Hall–Kier alpha value is -5.96. The van der Waals surface area contributed by atoms with Crippen molar-refractivity contribution in [2.45, 2.75) is 0 Å². The van der Waals surface area contributed by atoms with Crippen LogP contribution in [-0.2, 0) is 0 Å². The van der Waals surface area contributed by atoms with E-state index >= 15 is 0 Å². The van der Waals surface area contributed by atoms with Crippen LogP contribution in [0.4, 0.5) is 22.9 Å². The number of nitrogens with zero attached hydrogens (tertiary/aromatic N) is 7. The van der Waals surface area contributed by atoms with Gasteiger partial charge in [-0.2, -0.15) is 9.78 Å². The lowest BCUT2D eigenvalue weighted by atomic mass is 10.0. The number of fused-ring (bicyclic) bond motifs is 1. The lowest BCUT2D eigenvalue weighted by Crippen LogP contribution is -2.13. The highest BCUT2D eigenvalue weighted by Gasteiger charge is 2.20. The second kappa shape index (κ2) is 9.96. The Morgan fingerprint density at radius 3 is 2.47 bits per heavy atom. The summed E-state index contributed by atoms with van der Waals surface area (Å²) in [5.74, 6) is -1.38. The van der Waals surface area contributed by atoms with Crippen LogP contribution in [0, 0.1) is 6.57 Å². The third-order valence-electron chi connectivity index (χ3n) is 5.50. The smallest absolute Gasteiger partial charge is 0.259 e. The largest absolute Gasteiger partial charge is 0.505 e. The summed E-state index contributed by atoms with van der Waals surface area (Å²) >= 11 is 0. The van der Waals surface area contributed by atoms with Crippen molar-refractivity contribution >= 4 is 45.5 Å². The number of phenols is 1. The Balaban J connectivity index is 1.56. The molecule has 3 aromatic carbocycles. The first kappa shape index (κ1) is 23.8. The van der Waals surface area contributed by atoms with Crippen LogP contribution in [0.25, 0.3) is 21.6 Å². The second-order valence-electron chi connectivity index (χ2n) is 7.86. The lowest BCUT2D eigenvalue weighted by molar-refractivity contribution is 0.0998. The summed E-state index contributed by atoms with van der Waals surface area (Å²) in [6.07, 6.45) is 4.35. The lowest BCUT2D eigenvalue weighted by Gasteiger charge is -2.11. The summed E-state index contributed by atoms with van der Waals surface area (Å²) in [5.41, 5.74) is 6.01. The molecule has 2 heterocycles. The first-order valence-corrected chi connectivity index (χ1v) is 11.1. The predicted molar refractivity (Wildman–Crippen MR) is 138 cm³/mol. The average molecular weight is 503 g/mol. The number of nitrogens with two attached hydrogens (primary N) is 1. The van der Waals surface area contributed by atoms with Gasteiger partial charge >= 0.3 is 0 Å². The van der Waals surface area contributed by atoms with Crippen molar-refractivity contribution in [1.82, 2.24) is 19.7 Å². The Morgan fingerprint density at radius 1 is 1.03 bits per heavy atom. The van der Waals surface area contributed by atoms with Crippen LogP contribution in [0.1, 0.15) is 20.7 Å². The highest BCUT2D eigenvalue weighted by atomic mass is 16.3. The van der Waals surface area contributed by atoms with Crippen molar-refractivity contribution in [2.75, 3.05) is 5.32 Å². The number of anilines is 1. The molecule has 38 heavy (non-hydrogen) atoms. The number of aromatic nitrogens is 4. The molecule has 0 aliphatic heterocycles. The van der Waals surface area contributed by atoms with E-state index in [-0.39, 0.29) is 34.3 Å². The number of nitrogens with one attached hydrogen (secondary N) is 1. The molecule has 0 bridgehead atoms. The summed E-state index contributed by atoms with van der Waals surface area (Å²) in [5, 5.41) is 27.5. The quantitative estimate of drug-likeness (QED) is 0.222. The molecule has 0 unspecified atom stereocenters. The van der Waals surface area contributed by atoms with Gasteiger partial charge in [-0.3, -0.25) is 9.59 Å². The van der Waals surface area contributed by atoms with E-state index in [1.807, 2.05) is 0 Å². The molecule has 0 saturated heterocycles. The number of carbonyl (C=O) groups excluding carboxylic acids is 2. The number of primary amides is 1. The molecule has 2 aromatic heterocycles. The molecule has 4 N–H and O–H groups in total. The van der Waals surface area contributed by atoms with E-state index in [9.17, 15) is 14.7 Å². The van der Waals surface area contributed by atoms with Gasteiger partial charge in [0.25, 0.3) is 17.5 Å². The molecule has 0 radical (unpaired) electrons. The van der Waals surface area contributed by atoms with Crippen molar-refractivity contribution in [3.05, 3.63) is 102 Å². The van der Waals surface area contributed by atoms with Crippen LogP contribution >= 0.6 is 0 Å². The molecule has 0 fully saturated rings. The number of hydrogen-bond acceptors (Lipinski definition) is 8. The van der Waals surface area contributed by atoms with Crippen molar-refractivity contribution in [3.63, 3.8) is 0 Å². The van der Waals surface area contributed by atoms with Crippen LogP contribution in [0.5, 0.6) is 5.75 Å². The van der Waals surface area contributed by atoms with Crippen LogP contribution in [0.3, 0.4) is 0 Å². The molecule has 184 valence electrons. The first-order valence-electron chi connectivity index (χ1n) is 11.1. The summed E-state index contributed by atoms with van der Waals surface area (Å²) in [7, 11) is 0. The second-order valence-corrected chi connectivity index (χ2v) is 7.86. The fourth-order valence-electron chi connectivity index (χ4n) is 3.66.